The van der Waals surface area contributed by atoms with Gasteiger partial charge in [0.1, 0.15) is 0 Å². The number of anilines is 1. The van der Waals surface area contributed by atoms with Gasteiger partial charge in [0.05, 0.1) is 0 Å². The Hall–Kier alpha value is -2.33. The molecule has 2 amide bonds. The van der Waals surface area contributed by atoms with Crippen molar-refractivity contribution in [3.05, 3.63) is 64.7 Å². The molecule has 0 aliphatic rings. The number of carbonyl (C=O) groups is 2. The van der Waals surface area contributed by atoms with Gasteiger partial charge in [0.25, 0.3) is 5.91 Å². The largest absolute Gasteiger partial charge is 0.335 e. The third-order valence-electron chi connectivity index (χ3n) is 3.36. The van der Waals surface area contributed by atoms with Crippen molar-refractivity contribution in [3.63, 3.8) is 0 Å². The Morgan fingerprint density at radius 2 is 1.87 bits per heavy atom. The summed E-state index contributed by atoms with van der Waals surface area (Å²) in [6.07, 6.45) is 0. The second-order valence-corrected chi connectivity index (χ2v) is 5.65. The van der Waals surface area contributed by atoms with Gasteiger partial charge in [0.2, 0.25) is 5.91 Å². The molecular weight excluding hydrogens is 312 g/mol. The fraction of sp³-hybridized carbons (Fsp3) is 0.222. The maximum atomic E-state index is 12.7. The number of benzene rings is 2. The summed E-state index contributed by atoms with van der Waals surface area (Å²) >= 11 is 5.99. The van der Waals surface area contributed by atoms with E-state index in [0.717, 1.165) is 5.56 Å². The molecule has 4 nitrogen and oxygen atoms in total. The van der Waals surface area contributed by atoms with Crippen LogP contribution < -0.4 is 5.32 Å². The van der Waals surface area contributed by atoms with E-state index in [1.807, 2.05) is 25.1 Å². The lowest BCUT2D eigenvalue weighted by Crippen LogP contribution is -2.30. The molecule has 0 fully saturated rings. The van der Waals surface area contributed by atoms with Crippen LogP contribution in [0.25, 0.3) is 0 Å². The number of hydrogen-bond acceptors (Lipinski definition) is 2. The van der Waals surface area contributed by atoms with E-state index in [1.54, 1.807) is 35.2 Å². The van der Waals surface area contributed by atoms with Crippen LogP contribution in [-0.4, -0.2) is 23.3 Å². The van der Waals surface area contributed by atoms with Gasteiger partial charge in [-0.05, 0) is 42.8 Å². The Morgan fingerprint density at radius 1 is 1.13 bits per heavy atom. The molecule has 0 unspecified atom stereocenters. The molecule has 0 atom stereocenters. The summed E-state index contributed by atoms with van der Waals surface area (Å²) in [5, 5.41) is 3.34. The predicted molar refractivity (Wildman–Crippen MR) is 92.6 cm³/mol. The molecule has 0 saturated heterocycles. The van der Waals surface area contributed by atoms with Crippen LogP contribution in [0, 0.1) is 0 Å². The van der Waals surface area contributed by atoms with E-state index in [0.29, 0.717) is 29.4 Å². The first kappa shape index (κ1) is 17.0. The molecule has 2 aromatic carbocycles. The van der Waals surface area contributed by atoms with Crippen molar-refractivity contribution in [2.75, 3.05) is 11.9 Å². The zero-order valence-electron chi connectivity index (χ0n) is 13.2. The molecule has 0 aliphatic carbocycles. The lowest BCUT2D eigenvalue weighted by Gasteiger charge is -2.21. The molecule has 0 bridgehead atoms. The maximum absolute atomic E-state index is 12.7. The first-order valence-electron chi connectivity index (χ1n) is 7.41. The van der Waals surface area contributed by atoms with Gasteiger partial charge in [-0.1, -0.05) is 29.8 Å². The average molecular weight is 331 g/mol. The van der Waals surface area contributed by atoms with Gasteiger partial charge in [-0.3, -0.25) is 9.59 Å². The van der Waals surface area contributed by atoms with E-state index < -0.39 is 0 Å². The highest BCUT2D eigenvalue weighted by Gasteiger charge is 2.15. The number of carbonyl (C=O) groups excluding carboxylic acids is 2. The maximum Gasteiger partial charge on any atom is 0.254 e. The zero-order chi connectivity index (χ0) is 16.8. The van der Waals surface area contributed by atoms with Crippen molar-refractivity contribution < 1.29 is 9.59 Å². The van der Waals surface area contributed by atoms with E-state index in [-0.39, 0.29) is 11.8 Å². The van der Waals surface area contributed by atoms with Crippen LogP contribution in [0.2, 0.25) is 5.02 Å². The summed E-state index contributed by atoms with van der Waals surface area (Å²) in [5.41, 5.74) is 2.13. The minimum absolute atomic E-state index is 0.0836. The Kier molecular flexibility index (Phi) is 5.77. The molecule has 120 valence electrons. The summed E-state index contributed by atoms with van der Waals surface area (Å²) in [4.78, 5) is 25.6. The molecule has 2 aromatic rings. The van der Waals surface area contributed by atoms with E-state index in [1.165, 1.54) is 6.92 Å². The van der Waals surface area contributed by atoms with E-state index in [2.05, 4.69) is 5.32 Å². The van der Waals surface area contributed by atoms with E-state index in [4.69, 9.17) is 11.6 Å². The van der Waals surface area contributed by atoms with Crippen LogP contribution in [0.15, 0.2) is 48.5 Å². The number of nitrogens with zero attached hydrogens (tertiary/aromatic N) is 1. The van der Waals surface area contributed by atoms with Crippen LogP contribution >= 0.6 is 11.6 Å². The van der Waals surface area contributed by atoms with Gasteiger partial charge in [-0.15, -0.1) is 0 Å². The number of hydrogen-bond donors (Lipinski definition) is 1. The molecule has 0 aromatic heterocycles. The highest BCUT2D eigenvalue weighted by molar-refractivity contribution is 6.30. The second kappa shape index (κ2) is 7.79. The fourth-order valence-electron chi connectivity index (χ4n) is 2.30. The molecular formula is C18H19ClN2O2. The highest BCUT2D eigenvalue weighted by atomic mass is 35.5. The molecule has 1 N–H and O–H groups in total. The first-order valence-corrected chi connectivity index (χ1v) is 7.78. The van der Waals surface area contributed by atoms with Crippen molar-refractivity contribution in [1.82, 2.24) is 4.90 Å². The molecule has 23 heavy (non-hydrogen) atoms. The van der Waals surface area contributed by atoms with Crippen LogP contribution in [0.5, 0.6) is 0 Å². The summed E-state index contributed by atoms with van der Waals surface area (Å²) in [6, 6.07) is 14.4. The molecule has 2 rings (SSSR count). The van der Waals surface area contributed by atoms with E-state index >= 15 is 0 Å². The number of rotatable bonds is 5. The Balaban J connectivity index is 2.17. The molecule has 0 radical (unpaired) electrons. The van der Waals surface area contributed by atoms with Gasteiger partial charge in [-0.2, -0.15) is 0 Å². The minimum Gasteiger partial charge on any atom is -0.335 e. The molecule has 0 aliphatic heterocycles. The van der Waals surface area contributed by atoms with Crippen molar-refractivity contribution in [2.45, 2.75) is 20.4 Å². The molecule has 5 heteroatoms. The van der Waals surface area contributed by atoms with Crippen LogP contribution in [-0.2, 0) is 11.3 Å². The predicted octanol–water partition coefficient (Wildman–Crippen LogP) is 3.96. The quantitative estimate of drug-likeness (QED) is 0.902. The fourth-order valence-corrected chi connectivity index (χ4v) is 2.51. The standard InChI is InChI=1S/C18H19ClN2O2/c1-3-21(12-14-6-4-8-16(19)10-14)18(23)15-7-5-9-17(11-15)20-13(2)22/h4-11H,3,12H2,1-2H3,(H,20,22). The van der Waals surface area contributed by atoms with Crippen LogP contribution in [0.3, 0.4) is 0 Å². The number of halogens is 1. The number of nitrogens with one attached hydrogen (secondary N) is 1. The van der Waals surface area contributed by atoms with Gasteiger partial charge in [0.15, 0.2) is 0 Å². The Bertz CT molecular complexity index is 716. The second-order valence-electron chi connectivity index (χ2n) is 5.21. The SMILES string of the molecule is CCN(Cc1cccc(Cl)c1)C(=O)c1cccc(NC(C)=O)c1. The van der Waals surface area contributed by atoms with Crippen molar-refractivity contribution in [2.24, 2.45) is 0 Å². The van der Waals surface area contributed by atoms with Crippen molar-refractivity contribution >= 4 is 29.1 Å². The van der Waals surface area contributed by atoms with Gasteiger partial charge in [-0.25, -0.2) is 0 Å². The van der Waals surface area contributed by atoms with Crippen molar-refractivity contribution in [1.29, 1.82) is 0 Å². The zero-order valence-corrected chi connectivity index (χ0v) is 13.9. The monoisotopic (exact) mass is 330 g/mol. The number of amides is 2. The normalized spacial score (nSPS) is 10.2. The lowest BCUT2D eigenvalue weighted by atomic mass is 10.1. The van der Waals surface area contributed by atoms with Crippen LogP contribution in [0.1, 0.15) is 29.8 Å². The lowest BCUT2D eigenvalue weighted by molar-refractivity contribution is -0.114. The van der Waals surface area contributed by atoms with E-state index in [9.17, 15) is 9.59 Å². The highest BCUT2D eigenvalue weighted by Crippen LogP contribution is 2.16. The molecule has 0 heterocycles. The first-order chi connectivity index (χ1) is 11.0. The average Bonchev–Trinajstić information content (AvgIpc) is 2.51. The smallest absolute Gasteiger partial charge is 0.254 e. The Morgan fingerprint density at radius 3 is 2.52 bits per heavy atom. The van der Waals surface area contributed by atoms with Gasteiger partial charge in [0, 0.05) is 36.3 Å². The molecule has 0 spiro atoms. The summed E-state index contributed by atoms with van der Waals surface area (Å²) in [7, 11) is 0. The van der Waals surface area contributed by atoms with Gasteiger partial charge < -0.3 is 10.2 Å². The minimum atomic E-state index is -0.166. The summed E-state index contributed by atoms with van der Waals surface area (Å²) in [6.45, 7) is 4.43. The molecule has 0 saturated carbocycles. The third-order valence-corrected chi connectivity index (χ3v) is 3.60. The van der Waals surface area contributed by atoms with Crippen molar-refractivity contribution in [3.8, 4) is 0 Å². The third kappa shape index (κ3) is 4.83. The van der Waals surface area contributed by atoms with Gasteiger partial charge >= 0.3 is 0 Å². The summed E-state index contributed by atoms with van der Waals surface area (Å²) in [5.74, 6) is -0.249. The summed E-state index contributed by atoms with van der Waals surface area (Å²) < 4.78 is 0. The Labute approximate surface area is 141 Å². The topological polar surface area (TPSA) is 49.4 Å². The van der Waals surface area contributed by atoms with Crippen LogP contribution in [0.4, 0.5) is 5.69 Å².